The van der Waals surface area contributed by atoms with Crippen molar-refractivity contribution in [3.8, 4) is 5.69 Å². The highest BCUT2D eigenvalue weighted by Gasteiger charge is 2.28. The average molecular weight is 446 g/mol. The van der Waals surface area contributed by atoms with Crippen LogP contribution in [0.4, 0.5) is 11.4 Å². The Morgan fingerprint density at radius 3 is 2.29 bits per heavy atom. The van der Waals surface area contributed by atoms with Gasteiger partial charge in [-0.15, -0.1) is 5.10 Å². The fraction of sp³-hybridized carbons (Fsp3) is 0.130. The summed E-state index contributed by atoms with van der Waals surface area (Å²) in [6.07, 6.45) is 0. The highest BCUT2D eigenvalue weighted by atomic mass is 32.2. The maximum absolute atomic E-state index is 13.4. The van der Waals surface area contributed by atoms with E-state index in [-0.39, 0.29) is 11.7 Å². The van der Waals surface area contributed by atoms with Crippen LogP contribution >= 0.6 is 23.5 Å². The summed E-state index contributed by atoms with van der Waals surface area (Å²) in [5.41, 5.74) is 4.99. The third kappa shape index (κ3) is 3.73. The molecule has 31 heavy (non-hydrogen) atoms. The molecule has 0 bridgehead atoms. The second kappa shape index (κ2) is 8.20. The van der Waals surface area contributed by atoms with Crippen molar-refractivity contribution >= 4 is 40.8 Å². The molecule has 6 nitrogen and oxygen atoms in total. The number of nitrogens with zero attached hydrogens (tertiary/aromatic N) is 5. The Labute approximate surface area is 188 Å². The number of para-hydroxylation sites is 2. The number of benzene rings is 3. The number of aromatic nitrogens is 4. The van der Waals surface area contributed by atoms with Crippen molar-refractivity contribution in [2.24, 2.45) is 0 Å². The molecule has 0 unspecified atom stereocenters. The Bertz CT molecular complexity index is 1240. The lowest BCUT2D eigenvalue weighted by Gasteiger charge is -2.30. The summed E-state index contributed by atoms with van der Waals surface area (Å²) in [6.45, 7) is 4.08. The Balaban J connectivity index is 1.42. The van der Waals surface area contributed by atoms with Crippen LogP contribution in [0, 0.1) is 13.8 Å². The topological polar surface area (TPSA) is 63.9 Å². The van der Waals surface area contributed by atoms with Gasteiger partial charge in [-0.05, 0) is 60.2 Å². The smallest absolute Gasteiger partial charge is 0.242 e. The van der Waals surface area contributed by atoms with Crippen LogP contribution in [0.2, 0.25) is 0 Å². The Kier molecular flexibility index (Phi) is 5.25. The van der Waals surface area contributed by atoms with E-state index in [1.807, 2.05) is 67.6 Å². The maximum Gasteiger partial charge on any atom is 0.242 e. The van der Waals surface area contributed by atoms with Crippen molar-refractivity contribution in [2.75, 3.05) is 10.7 Å². The number of carbonyl (C=O) groups is 1. The second-order valence-corrected chi connectivity index (χ2v) is 9.24. The number of anilines is 2. The number of thioether (sulfide) groups is 1. The molecule has 0 atom stereocenters. The third-order valence-electron chi connectivity index (χ3n) is 5.03. The number of fused-ring (bicyclic) bond motifs is 2. The zero-order valence-corrected chi connectivity index (χ0v) is 18.7. The van der Waals surface area contributed by atoms with Gasteiger partial charge in [-0.1, -0.05) is 65.5 Å². The lowest BCUT2D eigenvalue weighted by molar-refractivity contribution is -0.115. The first kappa shape index (κ1) is 19.8. The molecule has 0 fully saturated rings. The lowest BCUT2D eigenvalue weighted by atomic mass is 10.1. The molecule has 0 spiro atoms. The van der Waals surface area contributed by atoms with E-state index < -0.39 is 0 Å². The summed E-state index contributed by atoms with van der Waals surface area (Å²) >= 11 is 3.03. The van der Waals surface area contributed by atoms with E-state index in [0.717, 1.165) is 32.4 Å². The molecule has 1 aromatic heterocycles. The first-order chi connectivity index (χ1) is 15.1. The van der Waals surface area contributed by atoms with Crippen LogP contribution < -0.4 is 4.90 Å². The molecule has 154 valence electrons. The van der Waals surface area contributed by atoms with Gasteiger partial charge in [-0.2, -0.15) is 4.68 Å². The van der Waals surface area contributed by atoms with Crippen molar-refractivity contribution < 1.29 is 4.79 Å². The van der Waals surface area contributed by atoms with Crippen molar-refractivity contribution in [3.05, 3.63) is 77.9 Å². The van der Waals surface area contributed by atoms with Gasteiger partial charge in [0.05, 0.1) is 22.8 Å². The number of aryl methyl sites for hydroxylation is 2. The van der Waals surface area contributed by atoms with E-state index in [0.29, 0.717) is 5.16 Å². The fourth-order valence-corrected chi connectivity index (χ4v) is 5.42. The summed E-state index contributed by atoms with van der Waals surface area (Å²) in [4.78, 5) is 17.3. The van der Waals surface area contributed by atoms with E-state index in [1.54, 1.807) is 21.3 Å². The van der Waals surface area contributed by atoms with Gasteiger partial charge in [-0.3, -0.25) is 9.69 Å². The van der Waals surface area contributed by atoms with Crippen molar-refractivity contribution in [1.82, 2.24) is 20.2 Å². The minimum Gasteiger partial charge on any atom is -0.278 e. The molecule has 0 aliphatic carbocycles. The zero-order chi connectivity index (χ0) is 21.4. The van der Waals surface area contributed by atoms with Gasteiger partial charge in [0.2, 0.25) is 11.1 Å². The highest BCUT2D eigenvalue weighted by molar-refractivity contribution is 8.00. The monoisotopic (exact) mass is 445 g/mol. The zero-order valence-electron chi connectivity index (χ0n) is 17.0. The number of rotatable bonds is 4. The Hall–Kier alpha value is -3.10. The second-order valence-electron chi connectivity index (χ2n) is 7.22. The molecule has 5 rings (SSSR count). The van der Waals surface area contributed by atoms with Crippen LogP contribution in [0.1, 0.15) is 11.1 Å². The van der Waals surface area contributed by atoms with E-state index >= 15 is 0 Å². The molecule has 0 saturated carbocycles. The number of hydrogen-bond acceptors (Lipinski definition) is 6. The molecular weight excluding hydrogens is 426 g/mol. The van der Waals surface area contributed by atoms with Crippen LogP contribution in [-0.2, 0) is 4.79 Å². The molecule has 2 heterocycles. The van der Waals surface area contributed by atoms with Crippen LogP contribution in [0.25, 0.3) is 5.69 Å². The highest BCUT2D eigenvalue weighted by Crippen LogP contribution is 2.48. The van der Waals surface area contributed by atoms with Gasteiger partial charge >= 0.3 is 0 Å². The Morgan fingerprint density at radius 2 is 1.61 bits per heavy atom. The summed E-state index contributed by atoms with van der Waals surface area (Å²) in [7, 11) is 0. The molecular formula is C23H19N5OS2. The van der Waals surface area contributed by atoms with Crippen LogP contribution in [-0.4, -0.2) is 31.9 Å². The number of tetrazole rings is 1. The van der Waals surface area contributed by atoms with Crippen LogP contribution in [0.15, 0.2) is 81.7 Å². The maximum atomic E-state index is 13.4. The van der Waals surface area contributed by atoms with Crippen molar-refractivity contribution in [3.63, 3.8) is 0 Å². The largest absolute Gasteiger partial charge is 0.278 e. The van der Waals surface area contributed by atoms with E-state index in [2.05, 4.69) is 28.5 Å². The standard InChI is InChI=1S/C23H19N5OS2/c1-15-11-12-17(16(2)13-15)28-23(24-25-26-28)30-14-22(29)27-18-7-3-5-9-20(18)31-21-10-6-4-8-19(21)27/h3-13H,14H2,1-2H3. The quantitative estimate of drug-likeness (QED) is 0.402. The number of hydrogen-bond donors (Lipinski definition) is 0. The average Bonchev–Trinajstić information content (AvgIpc) is 3.24. The van der Waals surface area contributed by atoms with Gasteiger partial charge in [0.25, 0.3) is 0 Å². The minimum absolute atomic E-state index is 0.0135. The molecule has 1 aliphatic rings. The normalized spacial score (nSPS) is 12.4. The minimum atomic E-state index is -0.0135. The van der Waals surface area contributed by atoms with Gasteiger partial charge < -0.3 is 0 Å². The molecule has 0 saturated heterocycles. The summed E-state index contributed by atoms with van der Waals surface area (Å²) in [5.74, 6) is 0.207. The first-order valence-electron chi connectivity index (χ1n) is 9.79. The molecule has 1 amide bonds. The third-order valence-corrected chi connectivity index (χ3v) is 7.06. The summed E-state index contributed by atoms with van der Waals surface area (Å²) in [6, 6.07) is 22.1. The van der Waals surface area contributed by atoms with Gasteiger partial charge in [0, 0.05) is 9.79 Å². The van der Waals surface area contributed by atoms with Crippen molar-refractivity contribution in [1.29, 1.82) is 0 Å². The molecule has 0 radical (unpaired) electrons. The lowest BCUT2D eigenvalue weighted by Crippen LogP contribution is -2.30. The Morgan fingerprint density at radius 1 is 0.935 bits per heavy atom. The number of carbonyl (C=O) groups excluding carboxylic acids is 1. The predicted octanol–water partition coefficient (Wildman–Crippen LogP) is 5.20. The summed E-state index contributed by atoms with van der Waals surface area (Å²) in [5, 5.41) is 12.7. The van der Waals surface area contributed by atoms with Gasteiger partial charge in [0.1, 0.15) is 0 Å². The predicted molar refractivity (Wildman–Crippen MR) is 124 cm³/mol. The van der Waals surface area contributed by atoms with Crippen LogP contribution in [0.3, 0.4) is 0 Å². The SMILES string of the molecule is Cc1ccc(-n2nnnc2SCC(=O)N2c3ccccc3Sc3ccccc32)c(C)c1. The van der Waals surface area contributed by atoms with Gasteiger partial charge in [0.15, 0.2) is 0 Å². The number of amides is 1. The first-order valence-corrected chi connectivity index (χ1v) is 11.6. The van der Waals surface area contributed by atoms with E-state index in [4.69, 9.17) is 0 Å². The molecule has 4 aromatic rings. The van der Waals surface area contributed by atoms with E-state index in [1.165, 1.54) is 17.3 Å². The molecule has 8 heteroatoms. The fourth-order valence-electron chi connectivity index (χ4n) is 3.63. The van der Waals surface area contributed by atoms with Crippen molar-refractivity contribution in [2.45, 2.75) is 28.8 Å². The summed E-state index contributed by atoms with van der Waals surface area (Å²) < 4.78 is 1.70. The van der Waals surface area contributed by atoms with Crippen LogP contribution in [0.5, 0.6) is 0 Å². The molecule has 3 aromatic carbocycles. The van der Waals surface area contributed by atoms with Gasteiger partial charge in [-0.25, -0.2) is 0 Å². The molecule has 0 N–H and O–H groups in total. The molecule has 1 aliphatic heterocycles. The van der Waals surface area contributed by atoms with E-state index in [9.17, 15) is 4.79 Å².